The summed E-state index contributed by atoms with van der Waals surface area (Å²) in [6.07, 6.45) is 5.96. The minimum atomic E-state index is -2.68. The van der Waals surface area contributed by atoms with E-state index in [4.69, 9.17) is 0 Å². The molecule has 1 aromatic rings. The highest BCUT2D eigenvalue weighted by atomic mass is 19.3. The van der Waals surface area contributed by atoms with Gasteiger partial charge in [-0.15, -0.1) is 0 Å². The first-order valence-electron chi connectivity index (χ1n) is 9.16. The van der Waals surface area contributed by atoms with E-state index >= 15 is 0 Å². The maximum Gasteiger partial charge on any atom is 0.282 e. The van der Waals surface area contributed by atoms with E-state index in [1.54, 1.807) is 0 Å². The number of nitrogens with zero attached hydrogens (tertiary/aromatic N) is 4. The van der Waals surface area contributed by atoms with Gasteiger partial charge in [0.15, 0.2) is 0 Å². The van der Waals surface area contributed by atoms with Crippen molar-refractivity contribution in [2.75, 3.05) is 26.2 Å². The molecular weight excluding hydrogens is 326 g/mol. The number of halogens is 2. The van der Waals surface area contributed by atoms with Gasteiger partial charge in [0, 0.05) is 37.8 Å². The number of amides is 1. The Hall–Kier alpha value is -1.50. The number of carbonyl (C=O) groups excluding carboxylic acids is 1. The second-order valence-electron chi connectivity index (χ2n) is 8.23. The van der Waals surface area contributed by atoms with Crippen molar-refractivity contribution in [3.63, 3.8) is 0 Å². The van der Waals surface area contributed by atoms with E-state index in [0.717, 1.165) is 51.0 Å². The number of alkyl halides is 2. The second kappa shape index (κ2) is 5.76. The van der Waals surface area contributed by atoms with Crippen molar-refractivity contribution in [1.82, 2.24) is 19.6 Å². The Bertz CT molecular complexity index is 681. The molecule has 1 spiro atoms. The monoisotopic (exact) mass is 352 g/mol. The summed E-state index contributed by atoms with van der Waals surface area (Å²) in [5.41, 5.74) is 2.26. The van der Waals surface area contributed by atoms with Crippen LogP contribution in [0, 0.1) is 18.3 Å². The Labute approximate surface area is 147 Å². The molecule has 0 bridgehead atoms. The lowest BCUT2D eigenvalue weighted by molar-refractivity contribution is -0.172. The van der Waals surface area contributed by atoms with Crippen molar-refractivity contribution >= 4 is 5.91 Å². The van der Waals surface area contributed by atoms with Crippen LogP contribution in [0.1, 0.15) is 36.9 Å². The minimum absolute atomic E-state index is 0.0158. The summed E-state index contributed by atoms with van der Waals surface area (Å²) >= 11 is 0. The number of aryl methyl sites for hydroxylation is 2. The molecule has 138 valence electrons. The Morgan fingerprint density at radius 2 is 2.08 bits per heavy atom. The molecule has 1 amide bonds. The highest BCUT2D eigenvalue weighted by Crippen LogP contribution is 2.51. The van der Waals surface area contributed by atoms with Gasteiger partial charge >= 0.3 is 0 Å². The zero-order valence-corrected chi connectivity index (χ0v) is 15.0. The van der Waals surface area contributed by atoms with Gasteiger partial charge in [-0.05, 0) is 38.1 Å². The van der Waals surface area contributed by atoms with Gasteiger partial charge in [-0.1, -0.05) is 6.42 Å². The van der Waals surface area contributed by atoms with Crippen molar-refractivity contribution in [3.8, 4) is 0 Å². The topological polar surface area (TPSA) is 41.4 Å². The van der Waals surface area contributed by atoms with Crippen LogP contribution >= 0.6 is 0 Å². The molecule has 2 saturated heterocycles. The Kier molecular flexibility index (Phi) is 3.90. The van der Waals surface area contributed by atoms with E-state index in [1.807, 2.05) is 18.7 Å². The van der Waals surface area contributed by atoms with E-state index < -0.39 is 19.0 Å². The fraction of sp³-hybridized carbons (Fsp3) is 0.778. The van der Waals surface area contributed by atoms with Gasteiger partial charge in [0.25, 0.3) is 5.92 Å². The van der Waals surface area contributed by atoms with E-state index in [9.17, 15) is 13.6 Å². The normalized spacial score (nSPS) is 31.7. The van der Waals surface area contributed by atoms with E-state index in [1.165, 1.54) is 10.5 Å². The summed E-state index contributed by atoms with van der Waals surface area (Å²) < 4.78 is 28.1. The quantitative estimate of drug-likeness (QED) is 0.837. The molecule has 7 heteroatoms. The fourth-order valence-electron chi connectivity index (χ4n) is 5.06. The standard InChI is InChI=1S/C18H26F2N4O/c1-13-14(8-22(2)21-13)9-23-7-6-17(10-23)5-3-4-15(17)16(25)24-11-18(19,20)12-24/h8,15H,3-7,9-12H2,1-2H3/t15-,17+/m1/s1. The average molecular weight is 352 g/mol. The third-order valence-corrected chi connectivity index (χ3v) is 6.33. The van der Waals surface area contributed by atoms with Crippen LogP contribution < -0.4 is 0 Å². The van der Waals surface area contributed by atoms with Gasteiger partial charge in [0.1, 0.15) is 0 Å². The molecule has 0 radical (unpaired) electrons. The third kappa shape index (κ3) is 2.96. The van der Waals surface area contributed by atoms with E-state index in [0.29, 0.717) is 0 Å². The molecule has 0 aromatic carbocycles. The first-order chi connectivity index (χ1) is 11.8. The Morgan fingerprint density at radius 3 is 2.72 bits per heavy atom. The smallest absolute Gasteiger partial charge is 0.282 e. The molecular formula is C18H26F2N4O. The van der Waals surface area contributed by atoms with Gasteiger partial charge in [0.2, 0.25) is 5.91 Å². The zero-order chi connectivity index (χ0) is 17.8. The maximum atomic E-state index is 13.1. The second-order valence-corrected chi connectivity index (χ2v) is 8.23. The number of hydrogen-bond acceptors (Lipinski definition) is 3. The summed E-state index contributed by atoms with van der Waals surface area (Å²) in [5, 5.41) is 4.40. The molecule has 3 heterocycles. The molecule has 2 atom stereocenters. The molecule has 3 fully saturated rings. The molecule has 0 unspecified atom stereocenters. The van der Waals surface area contributed by atoms with Crippen LogP contribution in [-0.2, 0) is 18.4 Å². The molecule has 5 nitrogen and oxygen atoms in total. The largest absolute Gasteiger partial charge is 0.330 e. The Morgan fingerprint density at radius 1 is 1.32 bits per heavy atom. The van der Waals surface area contributed by atoms with Crippen molar-refractivity contribution < 1.29 is 13.6 Å². The predicted octanol–water partition coefficient (Wildman–Crippen LogP) is 2.20. The summed E-state index contributed by atoms with van der Waals surface area (Å²) in [6, 6.07) is 0. The predicted molar refractivity (Wildman–Crippen MR) is 89.1 cm³/mol. The highest BCUT2D eigenvalue weighted by molar-refractivity contribution is 5.81. The molecule has 4 rings (SSSR count). The number of carbonyl (C=O) groups is 1. The van der Waals surface area contributed by atoms with Gasteiger partial charge in [-0.2, -0.15) is 5.10 Å². The van der Waals surface area contributed by atoms with E-state index in [2.05, 4.69) is 16.2 Å². The molecule has 2 aliphatic heterocycles. The van der Waals surface area contributed by atoms with Gasteiger partial charge in [-0.25, -0.2) is 8.78 Å². The van der Waals surface area contributed by atoms with Crippen LogP contribution in [0.3, 0.4) is 0 Å². The summed E-state index contributed by atoms with van der Waals surface area (Å²) in [6.45, 7) is 3.95. The van der Waals surface area contributed by atoms with Gasteiger partial charge in [-0.3, -0.25) is 14.4 Å². The van der Waals surface area contributed by atoms with Crippen LogP contribution in [0.4, 0.5) is 8.78 Å². The fourth-order valence-corrected chi connectivity index (χ4v) is 5.06. The number of hydrogen-bond donors (Lipinski definition) is 0. The van der Waals surface area contributed by atoms with Crippen molar-refractivity contribution in [2.24, 2.45) is 18.4 Å². The van der Waals surface area contributed by atoms with Crippen molar-refractivity contribution in [3.05, 3.63) is 17.5 Å². The molecule has 1 aliphatic carbocycles. The minimum Gasteiger partial charge on any atom is -0.330 e. The number of likely N-dealkylation sites (tertiary alicyclic amines) is 2. The van der Waals surface area contributed by atoms with Crippen LogP contribution in [0.25, 0.3) is 0 Å². The van der Waals surface area contributed by atoms with Crippen molar-refractivity contribution in [2.45, 2.75) is 45.1 Å². The number of aromatic nitrogens is 2. The van der Waals surface area contributed by atoms with Crippen LogP contribution in [0.5, 0.6) is 0 Å². The first kappa shape index (κ1) is 16.9. The summed E-state index contributed by atoms with van der Waals surface area (Å²) in [4.78, 5) is 16.5. The lowest BCUT2D eigenvalue weighted by atomic mass is 9.76. The highest BCUT2D eigenvalue weighted by Gasteiger charge is 2.55. The SMILES string of the molecule is Cc1nn(C)cc1CN1CC[C@@]2(CCC[C@@H]2C(=O)N2CC(F)(F)C2)C1. The van der Waals surface area contributed by atoms with Gasteiger partial charge < -0.3 is 4.90 Å². The van der Waals surface area contributed by atoms with Crippen LogP contribution in [0.2, 0.25) is 0 Å². The van der Waals surface area contributed by atoms with Crippen molar-refractivity contribution in [1.29, 1.82) is 0 Å². The summed E-state index contributed by atoms with van der Waals surface area (Å²) in [5.74, 6) is -2.80. The third-order valence-electron chi connectivity index (χ3n) is 6.33. The van der Waals surface area contributed by atoms with E-state index in [-0.39, 0.29) is 17.2 Å². The Balaban J connectivity index is 1.43. The number of rotatable bonds is 3. The molecule has 1 aromatic heterocycles. The molecule has 3 aliphatic rings. The lowest BCUT2D eigenvalue weighted by Gasteiger charge is -2.42. The van der Waals surface area contributed by atoms with Crippen LogP contribution in [0.15, 0.2) is 6.20 Å². The first-order valence-corrected chi connectivity index (χ1v) is 9.16. The molecule has 1 saturated carbocycles. The van der Waals surface area contributed by atoms with Crippen LogP contribution in [-0.4, -0.2) is 57.6 Å². The maximum absolute atomic E-state index is 13.1. The molecule has 25 heavy (non-hydrogen) atoms. The zero-order valence-electron chi connectivity index (χ0n) is 15.0. The van der Waals surface area contributed by atoms with Gasteiger partial charge in [0.05, 0.1) is 18.8 Å². The summed E-state index contributed by atoms with van der Waals surface area (Å²) in [7, 11) is 1.93. The lowest BCUT2D eigenvalue weighted by Crippen LogP contribution is -2.60. The molecule has 0 N–H and O–H groups in total. The average Bonchev–Trinajstić information content (AvgIpc) is 3.18.